The van der Waals surface area contributed by atoms with E-state index in [1.165, 1.54) is 16.0 Å². The Balaban J connectivity index is 1.11. The number of aryl methyl sites for hydroxylation is 2. The smallest absolute Gasteiger partial charge is 0.242 e. The highest BCUT2D eigenvalue weighted by molar-refractivity contribution is 6.08. The molecule has 3 fully saturated rings. The monoisotopic (exact) mass is 406 g/mol. The molecule has 2 aliphatic carbocycles. The molecule has 2 saturated heterocycles. The highest BCUT2D eigenvalue weighted by Gasteiger charge is 2.59. The Morgan fingerprint density at radius 3 is 2.17 bits per heavy atom. The Hall–Kier alpha value is -2.43. The van der Waals surface area contributed by atoms with E-state index in [-0.39, 0.29) is 47.9 Å². The van der Waals surface area contributed by atoms with Crippen LogP contribution < -0.4 is 0 Å². The van der Waals surface area contributed by atoms with E-state index in [1.807, 2.05) is 4.90 Å². The van der Waals surface area contributed by atoms with Gasteiger partial charge < -0.3 is 4.90 Å². The van der Waals surface area contributed by atoms with Crippen molar-refractivity contribution in [2.45, 2.75) is 39.0 Å². The fourth-order valence-electron chi connectivity index (χ4n) is 5.95. The van der Waals surface area contributed by atoms with Crippen molar-refractivity contribution in [3.8, 4) is 0 Å². The van der Waals surface area contributed by atoms with E-state index >= 15 is 0 Å². The molecule has 1 aromatic carbocycles. The molecule has 3 amide bonds. The molecule has 2 bridgehead atoms. The summed E-state index contributed by atoms with van der Waals surface area (Å²) in [6.45, 7) is 3.49. The Morgan fingerprint density at radius 1 is 0.967 bits per heavy atom. The minimum absolute atomic E-state index is 0.0713. The van der Waals surface area contributed by atoms with Crippen LogP contribution in [0.2, 0.25) is 0 Å². The van der Waals surface area contributed by atoms with Gasteiger partial charge in [-0.3, -0.25) is 19.3 Å². The first kappa shape index (κ1) is 19.5. The van der Waals surface area contributed by atoms with Gasteiger partial charge in [-0.25, -0.2) is 0 Å². The molecule has 5 heteroatoms. The Labute approximate surface area is 178 Å². The number of carbonyl (C=O) groups is 3. The van der Waals surface area contributed by atoms with E-state index in [0.29, 0.717) is 5.92 Å². The normalized spacial score (nSPS) is 30.4. The van der Waals surface area contributed by atoms with Gasteiger partial charge in [0.2, 0.25) is 17.7 Å². The molecule has 4 aliphatic rings. The molecule has 5 rings (SSSR count). The summed E-state index contributed by atoms with van der Waals surface area (Å²) in [7, 11) is 0. The first-order chi connectivity index (χ1) is 14.5. The van der Waals surface area contributed by atoms with Crippen molar-refractivity contribution in [3.05, 3.63) is 47.5 Å². The number of hydrogen-bond donors (Lipinski definition) is 0. The molecule has 1 saturated carbocycles. The molecule has 5 nitrogen and oxygen atoms in total. The van der Waals surface area contributed by atoms with Crippen molar-refractivity contribution in [1.29, 1.82) is 0 Å². The van der Waals surface area contributed by atoms with Gasteiger partial charge in [0.05, 0.1) is 11.8 Å². The molecule has 0 radical (unpaired) electrons. The molecule has 2 aliphatic heterocycles. The number of carbonyl (C=O) groups excluding carboxylic acids is 3. The second-order valence-electron chi connectivity index (χ2n) is 9.61. The number of fused-ring (bicyclic) bond motifs is 5. The molecular weight excluding hydrogens is 376 g/mol. The first-order valence-corrected chi connectivity index (χ1v) is 11.4. The maximum atomic E-state index is 12.8. The summed E-state index contributed by atoms with van der Waals surface area (Å²) in [5, 5.41) is 0. The lowest BCUT2D eigenvalue weighted by atomic mass is 9.85. The van der Waals surface area contributed by atoms with Crippen molar-refractivity contribution in [3.63, 3.8) is 0 Å². The summed E-state index contributed by atoms with van der Waals surface area (Å²) in [4.78, 5) is 41.5. The van der Waals surface area contributed by atoms with Crippen LogP contribution in [0.3, 0.4) is 0 Å². The van der Waals surface area contributed by atoms with Crippen LogP contribution >= 0.6 is 0 Å². The largest absolute Gasteiger partial charge is 0.341 e. The molecule has 0 aromatic heterocycles. The van der Waals surface area contributed by atoms with Gasteiger partial charge in [-0.2, -0.15) is 0 Å². The number of allylic oxidation sites excluding steroid dienone is 2. The summed E-state index contributed by atoms with van der Waals surface area (Å²) >= 11 is 0. The van der Waals surface area contributed by atoms with Crippen LogP contribution in [0.5, 0.6) is 0 Å². The van der Waals surface area contributed by atoms with Crippen LogP contribution in [-0.4, -0.2) is 47.2 Å². The number of likely N-dealkylation sites (tertiary alicyclic amines) is 2. The lowest BCUT2D eigenvalue weighted by molar-refractivity contribution is -0.147. The third kappa shape index (κ3) is 3.38. The molecule has 0 N–H and O–H groups in total. The molecular formula is C25H30N2O3. The highest BCUT2D eigenvalue weighted by atomic mass is 16.2. The lowest BCUT2D eigenvalue weighted by Crippen LogP contribution is -2.46. The van der Waals surface area contributed by atoms with Gasteiger partial charge >= 0.3 is 0 Å². The average molecular weight is 407 g/mol. The van der Waals surface area contributed by atoms with Gasteiger partial charge in [0.1, 0.15) is 6.54 Å². The van der Waals surface area contributed by atoms with Crippen molar-refractivity contribution in [2.24, 2.45) is 29.6 Å². The van der Waals surface area contributed by atoms with E-state index in [0.717, 1.165) is 45.2 Å². The first-order valence-electron chi connectivity index (χ1n) is 11.4. The van der Waals surface area contributed by atoms with E-state index < -0.39 is 0 Å². The molecule has 2 heterocycles. The van der Waals surface area contributed by atoms with Gasteiger partial charge in [0.15, 0.2) is 0 Å². The Kier molecular flexibility index (Phi) is 5.00. The number of piperidine rings is 1. The second kappa shape index (κ2) is 7.68. The minimum Gasteiger partial charge on any atom is -0.341 e. The number of benzene rings is 1. The maximum Gasteiger partial charge on any atom is 0.242 e. The zero-order valence-corrected chi connectivity index (χ0v) is 17.6. The van der Waals surface area contributed by atoms with Crippen molar-refractivity contribution >= 4 is 17.7 Å². The lowest BCUT2D eigenvalue weighted by Gasteiger charge is -2.33. The van der Waals surface area contributed by atoms with E-state index in [2.05, 4.69) is 43.3 Å². The minimum atomic E-state index is -0.215. The van der Waals surface area contributed by atoms with Crippen molar-refractivity contribution < 1.29 is 14.4 Å². The van der Waals surface area contributed by atoms with Crippen molar-refractivity contribution in [2.75, 3.05) is 19.6 Å². The summed E-state index contributed by atoms with van der Waals surface area (Å²) < 4.78 is 0. The van der Waals surface area contributed by atoms with Gasteiger partial charge in [0.25, 0.3) is 0 Å². The average Bonchev–Trinajstić information content (AvgIpc) is 3.44. The number of hydrogen-bond acceptors (Lipinski definition) is 3. The number of rotatable bonds is 5. The molecule has 1 aromatic rings. The van der Waals surface area contributed by atoms with Gasteiger partial charge in [-0.15, -0.1) is 0 Å². The number of nitrogens with zero attached hydrogens (tertiary/aromatic N) is 2. The molecule has 0 spiro atoms. The Bertz CT molecular complexity index is 852. The summed E-state index contributed by atoms with van der Waals surface area (Å²) in [6, 6.07) is 8.73. The third-order valence-corrected chi connectivity index (χ3v) is 7.78. The highest BCUT2D eigenvalue weighted by Crippen LogP contribution is 2.52. The summed E-state index contributed by atoms with van der Waals surface area (Å²) in [6.07, 6.45) is 9.32. The van der Waals surface area contributed by atoms with Gasteiger partial charge in [-0.1, -0.05) is 42.0 Å². The SMILES string of the molecule is Cc1ccc(CCC2CCN(C(=O)CN3C(=O)C4C5C=CC(C5)C4C3=O)CC2)cc1. The fourth-order valence-corrected chi connectivity index (χ4v) is 5.95. The molecule has 4 unspecified atom stereocenters. The molecule has 4 atom stereocenters. The van der Waals surface area contributed by atoms with Crippen LogP contribution in [0.4, 0.5) is 0 Å². The van der Waals surface area contributed by atoms with Crippen LogP contribution in [0.1, 0.15) is 36.8 Å². The quantitative estimate of drug-likeness (QED) is 0.558. The zero-order valence-electron chi connectivity index (χ0n) is 17.6. The number of imide groups is 1. The summed E-state index contributed by atoms with van der Waals surface area (Å²) in [5.41, 5.74) is 2.66. The van der Waals surface area contributed by atoms with Crippen LogP contribution in [0.15, 0.2) is 36.4 Å². The second-order valence-corrected chi connectivity index (χ2v) is 9.61. The fraction of sp³-hybridized carbons (Fsp3) is 0.560. The Morgan fingerprint density at radius 2 is 1.57 bits per heavy atom. The summed E-state index contributed by atoms with van der Waals surface area (Å²) in [5.74, 6) is 0.272. The maximum absolute atomic E-state index is 12.8. The van der Waals surface area contributed by atoms with Crippen LogP contribution in [-0.2, 0) is 20.8 Å². The van der Waals surface area contributed by atoms with Gasteiger partial charge in [0, 0.05) is 13.1 Å². The van der Waals surface area contributed by atoms with E-state index in [9.17, 15) is 14.4 Å². The zero-order chi connectivity index (χ0) is 20.8. The predicted octanol–water partition coefficient (Wildman–Crippen LogP) is 2.97. The number of amides is 3. The van der Waals surface area contributed by atoms with Crippen LogP contribution in [0, 0.1) is 36.5 Å². The van der Waals surface area contributed by atoms with Crippen LogP contribution in [0.25, 0.3) is 0 Å². The van der Waals surface area contributed by atoms with Crippen molar-refractivity contribution in [1.82, 2.24) is 9.80 Å². The van der Waals surface area contributed by atoms with E-state index in [1.54, 1.807) is 0 Å². The van der Waals surface area contributed by atoms with E-state index in [4.69, 9.17) is 0 Å². The third-order valence-electron chi connectivity index (χ3n) is 7.78. The molecule has 30 heavy (non-hydrogen) atoms. The topological polar surface area (TPSA) is 57.7 Å². The predicted molar refractivity (Wildman–Crippen MR) is 113 cm³/mol. The standard InChI is InChI=1S/C25H30N2O3/c1-16-2-4-17(5-3-16)6-7-18-10-12-26(13-11-18)21(28)15-27-24(29)22-19-8-9-20(14-19)23(22)25(27)30/h2-5,8-9,18-20,22-23H,6-7,10-15H2,1H3. The van der Waals surface area contributed by atoms with Gasteiger partial charge in [-0.05, 0) is 62.3 Å². The molecule has 158 valence electrons.